The first-order valence-corrected chi connectivity index (χ1v) is 5.30. The third-order valence-corrected chi connectivity index (χ3v) is 1.87. The first kappa shape index (κ1) is 16.0. The van der Waals surface area contributed by atoms with Crippen LogP contribution in [0.1, 0.15) is 27.2 Å². The van der Waals surface area contributed by atoms with Crippen molar-refractivity contribution in [1.82, 2.24) is 5.32 Å². The maximum Gasteiger partial charge on any atom is 0.407 e. The number of alkyl halides is 3. The molecular weight excluding hydrogens is 237 g/mol. The molecule has 3 N–H and O–H groups in total. The van der Waals surface area contributed by atoms with Gasteiger partial charge in [0.25, 0.3) is 0 Å². The molecule has 1 amide bonds. The first-order chi connectivity index (χ1) is 7.56. The largest absolute Gasteiger partial charge is 0.444 e. The van der Waals surface area contributed by atoms with Gasteiger partial charge in [0, 0.05) is 6.54 Å². The minimum Gasteiger partial charge on any atom is -0.444 e. The van der Waals surface area contributed by atoms with Crippen molar-refractivity contribution in [2.45, 2.75) is 39.0 Å². The van der Waals surface area contributed by atoms with E-state index in [0.717, 1.165) is 0 Å². The van der Waals surface area contributed by atoms with Gasteiger partial charge in [0.2, 0.25) is 0 Å². The molecule has 0 aromatic carbocycles. The zero-order valence-electron chi connectivity index (χ0n) is 10.2. The van der Waals surface area contributed by atoms with Gasteiger partial charge in [0.1, 0.15) is 5.60 Å². The highest BCUT2D eigenvalue weighted by Gasteiger charge is 2.39. The number of hydrogen-bond donors (Lipinski definition) is 2. The number of rotatable bonds is 4. The first-order valence-electron chi connectivity index (χ1n) is 5.30. The molecule has 7 heteroatoms. The summed E-state index contributed by atoms with van der Waals surface area (Å²) >= 11 is 0. The summed E-state index contributed by atoms with van der Waals surface area (Å²) in [6, 6.07) is 0. The molecule has 0 aliphatic rings. The number of carbonyl (C=O) groups excluding carboxylic acids is 1. The predicted octanol–water partition coefficient (Wildman–Crippen LogP) is 2.04. The van der Waals surface area contributed by atoms with E-state index in [1.807, 2.05) is 0 Å². The molecular formula is C10H19F3N2O2. The molecule has 0 aliphatic carbocycles. The normalized spacial score (nSPS) is 14.3. The number of hydrogen-bond acceptors (Lipinski definition) is 3. The van der Waals surface area contributed by atoms with E-state index in [2.05, 4.69) is 5.32 Å². The molecule has 4 nitrogen and oxygen atoms in total. The van der Waals surface area contributed by atoms with Crippen LogP contribution < -0.4 is 11.1 Å². The van der Waals surface area contributed by atoms with Crippen molar-refractivity contribution < 1.29 is 22.7 Å². The third kappa shape index (κ3) is 7.84. The second-order valence-corrected chi connectivity index (χ2v) is 4.70. The van der Waals surface area contributed by atoms with Crippen molar-refractivity contribution in [2.24, 2.45) is 11.7 Å². The van der Waals surface area contributed by atoms with Crippen LogP contribution >= 0.6 is 0 Å². The lowest BCUT2D eigenvalue weighted by Crippen LogP contribution is -2.40. The summed E-state index contributed by atoms with van der Waals surface area (Å²) in [5.74, 6) is -1.64. The lowest BCUT2D eigenvalue weighted by Gasteiger charge is -2.23. The molecule has 0 saturated carbocycles. The monoisotopic (exact) mass is 256 g/mol. The average molecular weight is 256 g/mol. The summed E-state index contributed by atoms with van der Waals surface area (Å²) in [5, 5.41) is 2.09. The number of nitrogens with two attached hydrogens (primary N) is 1. The fourth-order valence-electron chi connectivity index (χ4n) is 1.10. The number of carbonyl (C=O) groups is 1. The SMILES string of the molecule is CC(C)(C)OC(=O)NC[C@@H](CCN)C(F)(F)F. The minimum absolute atomic E-state index is 0.0832. The van der Waals surface area contributed by atoms with E-state index in [0.29, 0.717) is 0 Å². The van der Waals surface area contributed by atoms with Gasteiger partial charge in [-0.15, -0.1) is 0 Å². The molecule has 17 heavy (non-hydrogen) atoms. The van der Waals surface area contributed by atoms with E-state index in [9.17, 15) is 18.0 Å². The molecule has 0 spiro atoms. The highest BCUT2D eigenvalue weighted by atomic mass is 19.4. The molecule has 1 atom stereocenters. The minimum atomic E-state index is -4.37. The van der Waals surface area contributed by atoms with Crippen LogP contribution in [0, 0.1) is 5.92 Å². The Kier molecular flexibility index (Phi) is 5.74. The van der Waals surface area contributed by atoms with Crippen LogP contribution in [0.4, 0.5) is 18.0 Å². The fraction of sp³-hybridized carbons (Fsp3) is 0.900. The van der Waals surface area contributed by atoms with E-state index in [-0.39, 0.29) is 13.0 Å². The van der Waals surface area contributed by atoms with Crippen molar-refractivity contribution in [1.29, 1.82) is 0 Å². The van der Waals surface area contributed by atoms with Gasteiger partial charge in [-0.3, -0.25) is 0 Å². The molecule has 0 bridgehead atoms. The van der Waals surface area contributed by atoms with Gasteiger partial charge in [0.15, 0.2) is 0 Å². The Morgan fingerprint density at radius 2 is 1.88 bits per heavy atom. The molecule has 0 aromatic rings. The van der Waals surface area contributed by atoms with Crippen LogP contribution in [-0.2, 0) is 4.74 Å². The summed E-state index contributed by atoms with van der Waals surface area (Å²) < 4.78 is 42.2. The lowest BCUT2D eigenvalue weighted by atomic mass is 10.1. The Hall–Kier alpha value is -0.980. The molecule has 0 rings (SSSR count). The van der Waals surface area contributed by atoms with E-state index in [4.69, 9.17) is 10.5 Å². The van der Waals surface area contributed by atoms with Gasteiger partial charge in [-0.1, -0.05) is 0 Å². The van der Waals surface area contributed by atoms with Gasteiger partial charge in [-0.25, -0.2) is 4.79 Å². The summed E-state index contributed by atoms with van der Waals surface area (Å²) in [5.41, 5.74) is 4.36. The summed E-state index contributed by atoms with van der Waals surface area (Å²) in [7, 11) is 0. The van der Waals surface area contributed by atoms with Crippen molar-refractivity contribution in [2.75, 3.05) is 13.1 Å². The Labute approximate surface area is 98.7 Å². The Bertz CT molecular complexity index is 249. The summed E-state index contributed by atoms with van der Waals surface area (Å²) in [6.45, 7) is 4.30. The quantitative estimate of drug-likeness (QED) is 0.809. The Morgan fingerprint density at radius 1 is 1.35 bits per heavy atom. The Morgan fingerprint density at radius 3 is 2.24 bits per heavy atom. The van der Waals surface area contributed by atoms with E-state index in [1.165, 1.54) is 0 Å². The van der Waals surface area contributed by atoms with Crippen LogP contribution in [-0.4, -0.2) is 31.0 Å². The van der Waals surface area contributed by atoms with Crippen molar-refractivity contribution in [3.05, 3.63) is 0 Å². The second-order valence-electron chi connectivity index (χ2n) is 4.70. The number of halogens is 3. The van der Waals surface area contributed by atoms with E-state index in [1.54, 1.807) is 20.8 Å². The maximum atomic E-state index is 12.4. The van der Waals surface area contributed by atoms with Crippen molar-refractivity contribution in [3.8, 4) is 0 Å². The Balaban J connectivity index is 4.18. The van der Waals surface area contributed by atoms with Gasteiger partial charge in [-0.2, -0.15) is 13.2 Å². The van der Waals surface area contributed by atoms with Crippen LogP contribution in [0.3, 0.4) is 0 Å². The molecule has 0 saturated heterocycles. The summed E-state index contributed by atoms with van der Waals surface area (Å²) in [4.78, 5) is 11.2. The smallest absolute Gasteiger partial charge is 0.407 e. The standard InChI is InChI=1S/C10H19F3N2O2/c1-9(2,3)17-8(16)15-6-7(4-5-14)10(11,12)13/h7H,4-6,14H2,1-3H3,(H,15,16)/t7-/m1/s1. The average Bonchev–Trinajstić information content (AvgIpc) is 2.07. The lowest BCUT2D eigenvalue weighted by molar-refractivity contribution is -0.174. The van der Waals surface area contributed by atoms with Crippen LogP contribution in [0.25, 0.3) is 0 Å². The van der Waals surface area contributed by atoms with Crippen molar-refractivity contribution in [3.63, 3.8) is 0 Å². The molecule has 0 aliphatic heterocycles. The molecule has 0 heterocycles. The predicted molar refractivity (Wildman–Crippen MR) is 57.5 cm³/mol. The topological polar surface area (TPSA) is 64.3 Å². The van der Waals surface area contributed by atoms with Gasteiger partial charge in [-0.05, 0) is 33.7 Å². The fourth-order valence-corrected chi connectivity index (χ4v) is 1.10. The molecule has 0 fully saturated rings. The zero-order chi connectivity index (χ0) is 13.7. The van der Waals surface area contributed by atoms with Crippen LogP contribution in [0.2, 0.25) is 0 Å². The summed E-state index contributed by atoms with van der Waals surface area (Å²) in [6.07, 6.45) is -5.45. The van der Waals surface area contributed by atoms with Crippen LogP contribution in [0.5, 0.6) is 0 Å². The highest BCUT2D eigenvalue weighted by Crippen LogP contribution is 2.27. The number of nitrogens with one attached hydrogen (secondary N) is 1. The molecule has 0 unspecified atom stereocenters. The van der Waals surface area contributed by atoms with Gasteiger partial charge < -0.3 is 15.8 Å². The van der Waals surface area contributed by atoms with Gasteiger partial charge >= 0.3 is 12.3 Å². The second kappa shape index (κ2) is 6.09. The zero-order valence-corrected chi connectivity index (χ0v) is 10.2. The molecule has 0 aromatic heterocycles. The maximum absolute atomic E-state index is 12.4. The number of ether oxygens (including phenoxy) is 1. The molecule has 0 radical (unpaired) electrons. The number of alkyl carbamates (subject to hydrolysis) is 1. The van der Waals surface area contributed by atoms with Crippen molar-refractivity contribution >= 4 is 6.09 Å². The highest BCUT2D eigenvalue weighted by molar-refractivity contribution is 5.67. The third-order valence-electron chi connectivity index (χ3n) is 1.87. The van der Waals surface area contributed by atoms with Gasteiger partial charge in [0.05, 0.1) is 5.92 Å². The van der Waals surface area contributed by atoms with E-state index >= 15 is 0 Å². The number of amides is 1. The van der Waals surface area contributed by atoms with Crippen LogP contribution in [0.15, 0.2) is 0 Å². The molecule has 102 valence electrons. The van der Waals surface area contributed by atoms with E-state index < -0.39 is 30.3 Å².